The van der Waals surface area contributed by atoms with Gasteiger partial charge in [-0.05, 0) is 81.8 Å². The molecule has 2 fully saturated rings. The van der Waals surface area contributed by atoms with Crippen molar-refractivity contribution in [3.63, 3.8) is 0 Å². The number of likely N-dealkylation sites (N-methyl/N-ethyl adjacent to an activating group) is 1. The maximum atomic E-state index is 14.1. The van der Waals surface area contributed by atoms with Crippen LogP contribution >= 0.6 is 0 Å². The molecule has 2 unspecified atom stereocenters. The van der Waals surface area contributed by atoms with E-state index < -0.39 is 17.3 Å². The average molecular weight is 488 g/mol. The number of carbonyl (C=O) groups is 1. The largest absolute Gasteiger partial charge is 0.481 e. The smallest absolute Gasteiger partial charge is 0.309 e. The lowest BCUT2D eigenvalue weighted by molar-refractivity contribution is -0.152. The molecular weight excluding hydrogens is 448 g/mol. The van der Waals surface area contributed by atoms with Crippen molar-refractivity contribution in [1.82, 2.24) is 15.2 Å². The minimum absolute atomic E-state index is 0.0638. The molecule has 5 rings (SSSR count). The fourth-order valence-corrected chi connectivity index (χ4v) is 7.26. The van der Waals surface area contributed by atoms with Gasteiger partial charge in [-0.3, -0.25) is 4.79 Å². The number of likely N-dealkylation sites (tertiary alicyclic amines) is 1. The number of aromatic nitrogens is 1. The minimum atomic E-state index is -2.87. The molecule has 2 heterocycles. The SMILES string of the molecule is CNCC1c2c([nH]c3ccc(C(C)(F)F)cc23)C[C@H]2CCN(CCC3(C(=O)O)CCCCC3)CC12. The number of hydrogen-bond acceptors (Lipinski definition) is 3. The van der Waals surface area contributed by atoms with Gasteiger partial charge in [0.15, 0.2) is 0 Å². The van der Waals surface area contributed by atoms with Gasteiger partial charge in [0, 0.05) is 48.1 Å². The van der Waals surface area contributed by atoms with Gasteiger partial charge >= 0.3 is 5.97 Å². The van der Waals surface area contributed by atoms with Crippen LogP contribution in [0.2, 0.25) is 0 Å². The first kappa shape index (κ1) is 24.7. The van der Waals surface area contributed by atoms with Gasteiger partial charge in [0.1, 0.15) is 0 Å². The van der Waals surface area contributed by atoms with E-state index in [9.17, 15) is 18.7 Å². The highest BCUT2D eigenvalue weighted by Crippen LogP contribution is 2.47. The molecule has 1 aromatic heterocycles. The lowest BCUT2D eigenvalue weighted by Crippen LogP contribution is -2.48. The normalized spacial score (nSPS) is 26.9. The van der Waals surface area contributed by atoms with E-state index in [1.165, 1.54) is 17.3 Å². The van der Waals surface area contributed by atoms with E-state index in [1.807, 2.05) is 13.1 Å². The number of fused-ring (bicyclic) bond motifs is 4. The quantitative estimate of drug-likeness (QED) is 0.482. The topological polar surface area (TPSA) is 68.4 Å². The van der Waals surface area contributed by atoms with Crippen LogP contribution in [0, 0.1) is 17.3 Å². The number of nitrogens with one attached hydrogen (secondary N) is 2. The Balaban J connectivity index is 1.40. The summed E-state index contributed by atoms with van der Waals surface area (Å²) in [7, 11) is 1.96. The van der Waals surface area contributed by atoms with E-state index in [1.54, 1.807) is 6.07 Å². The van der Waals surface area contributed by atoms with Gasteiger partial charge in [-0.2, -0.15) is 0 Å². The molecule has 1 aromatic carbocycles. The lowest BCUT2D eigenvalue weighted by atomic mass is 9.67. The monoisotopic (exact) mass is 487 g/mol. The summed E-state index contributed by atoms with van der Waals surface area (Å²) in [6.07, 6.45) is 7.56. The molecule has 2 aromatic rings. The molecular formula is C28H39F2N3O2. The molecule has 1 saturated heterocycles. The second-order valence-electron chi connectivity index (χ2n) is 11.4. The number of aliphatic carboxylic acids is 1. The van der Waals surface area contributed by atoms with Crippen molar-refractivity contribution < 1.29 is 18.7 Å². The maximum absolute atomic E-state index is 14.1. The van der Waals surface area contributed by atoms with Gasteiger partial charge in [-0.1, -0.05) is 25.3 Å². The molecule has 192 valence electrons. The molecule has 3 aliphatic rings. The van der Waals surface area contributed by atoms with Crippen molar-refractivity contribution >= 4 is 16.9 Å². The summed E-state index contributed by atoms with van der Waals surface area (Å²) in [6.45, 7) is 4.55. The highest BCUT2D eigenvalue weighted by atomic mass is 19.3. The number of halogens is 2. The van der Waals surface area contributed by atoms with Gasteiger partial charge in [0.25, 0.3) is 5.92 Å². The summed E-state index contributed by atoms with van der Waals surface area (Å²) < 4.78 is 28.3. The Morgan fingerprint density at radius 3 is 2.74 bits per heavy atom. The Morgan fingerprint density at radius 1 is 1.29 bits per heavy atom. The third-order valence-corrected chi connectivity index (χ3v) is 9.27. The summed E-state index contributed by atoms with van der Waals surface area (Å²) in [5, 5.41) is 14.3. The van der Waals surface area contributed by atoms with Crippen molar-refractivity contribution in [2.24, 2.45) is 17.3 Å². The zero-order valence-corrected chi connectivity index (χ0v) is 21.0. The Bertz CT molecular complexity index is 1070. The molecule has 1 saturated carbocycles. The number of carboxylic acids is 1. The first-order valence-corrected chi connectivity index (χ1v) is 13.3. The van der Waals surface area contributed by atoms with Crippen LogP contribution in [-0.2, 0) is 17.1 Å². The molecule has 2 aliphatic carbocycles. The predicted molar refractivity (Wildman–Crippen MR) is 134 cm³/mol. The summed E-state index contributed by atoms with van der Waals surface area (Å²) in [4.78, 5) is 18.2. The van der Waals surface area contributed by atoms with Crippen molar-refractivity contribution in [3.8, 4) is 0 Å². The Labute approximate surface area is 206 Å². The van der Waals surface area contributed by atoms with Gasteiger partial charge in [0.2, 0.25) is 0 Å². The fraction of sp³-hybridized carbons (Fsp3) is 0.679. The first-order valence-electron chi connectivity index (χ1n) is 13.3. The van der Waals surface area contributed by atoms with Crippen LogP contribution < -0.4 is 5.32 Å². The van der Waals surface area contributed by atoms with E-state index >= 15 is 0 Å². The molecule has 3 atom stereocenters. The molecule has 5 nitrogen and oxygen atoms in total. The molecule has 0 bridgehead atoms. The second kappa shape index (κ2) is 9.47. The van der Waals surface area contributed by atoms with Crippen molar-refractivity contribution in [1.29, 1.82) is 0 Å². The molecule has 7 heteroatoms. The number of carboxylic acid groups (broad SMARTS) is 1. The van der Waals surface area contributed by atoms with Crippen molar-refractivity contribution in [3.05, 3.63) is 35.0 Å². The maximum Gasteiger partial charge on any atom is 0.309 e. The molecule has 3 N–H and O–H groups in total. The number of aromatic amines is 1. The van der Waals surface area contributed by atoms with Gasteiger partial charge in [-0.25, -0.2) is 8.78 Å². The van der Waals surface area contributed by atoms with E-state index in [2.05, 4.69) is 15.2 Å². The molecule has 0 spiro atoms. The van der Waals surface area contributed by atoms with Crippen molar-refractivity contribution in [2.75, 3.05) is 33.2 Å². The minimum Gasteiger partial charge on any atom is -0.481 e. The van der Waals surface area contributed by atoms with Crippen LogP contribution in [0.4, 0.5) is 8.78 Å². The van der Waals surface area contributed by atoms with Gasteiger partial charge in [0.05, 0.1) is 5.41 Å². The van der Waals surface area contributed by atoms with Crippen LogP contribution in [0.25, 0.3) is 10.9 Å². The van der Waals surface area contributed by atoms with Crippen molar-refractivity contribution in [2.45, 2.75) is 70.1 Å². The number of alkyl halides is 2. The highest BCUT2D eigenvalue weighted by Gasteiger charge is 2.43. The number of rotatable bonds is 7. The molecule has 1 aliphatic heterocycles. The van der Waals surface area contributed by atoms with E-state index in [0.717, 1.165) is 95.4 Å². The van der Waals surface area contributed by atoms with E-state index in [0.29, 0.717) is 11.8 Å². The Morgan fingerprint density at radius 2 is 2.06 bits per heavy atom. The van der Waals surface area contributed by atoms with Gasteiger partial charge in [-0.15, -0.1) is 0 Å². The summed E-state index contributed by atoms with van der Waals surface area (Å²) in [5.74, 6) is -2.26. The molecule has 35 heavy (non-hydrogen) atoms. The number of nitrogens with zero attached hydrogens (tertiary/aromatic N) is 1. The number of benzene rings is 1. The first-order chi connectivity index (χ1) is 16.7. The summed E-state index contributed by atoms with van der Waals surface area (Å²) in [5.41, 5.74) is 2.86. The van der Waals surface area contributed by atoms with Crippen LogP contribution in [0.3, 0.4) is 0 Å². The average Bonchev–Trinajstić information content (AvgIpc) is 3.20. The number of hydrogen-bond donors (Lipinski definition) is 3. The van der Waals surface area contributed by atoms with Crippen LogP contribution in [0.5, 0.6) is 0 Å². The van der Waals surface area contributed by atoms with Gasteiger partial charge < -0.3 is 20.3 Å². The predicted octanol–water partition coefficient (Wildman–Crippen LogP) is 5.50. The van der Waals surface area contributed by atoms with Crippen LogP contribution in [0.1, 0.15) is 74.6 Å². The molecule has 0 amide bonds. The number of piperidine rings is 1. The van der Waals surface area contributed by atoms with Crippen LogP contribution in [-0.4, -0.2) is 54.2 Å². The third-order valence-electron chi connectivity index (χ3n) is 9.27. The highest BCUT2D eigenvalue weighted by molar-refractivity contribution is 5.86. The lowest BCUT2D eigenvalue weighted by Gasteiger charge is -2.46. The molecule has 0 radical (unpaired) electrons. The number of H-pyrrole nitrogens is 1. The summed E-state index contributed by atoms with van der Waals surface area (Å²) in [6, 6.07) is 5.03. The summed E-state index contributed by atoms with van der Waals surface area (Å²) >= 11 is 0. The second-order valence-corrected chi connectivity index (χ2v) is 11.4. The zero-order chi connectivity index (χ0) is 24.8. The van der Waals surface area contributed by atoms with E-state index in [-0.39, 0.29) is 11.5 Å². The zero-order valence-electron chi connectivity index (χ0n) is 21.0. The van der Waals surface area contributed by atoms with E-state index in [4.69, 9.17) is 0 Å². The third kappa shape index (κ3) is 4.62. The van der Waals surface area contributed by atoms with Crippen LogP contribution in [0.15, 0.2) is 18.2 Å². The fourth-order valence-electron chi connectivity index (χ4n) is 7.26. The Hall–Kier alpha value is -1.99. The Kier molecular flexibility index (Phi) is 6.68. The standard InChI is InChI=1S/C28H39F2N3O2/c1-27(29,30)19-6-7-23-20(15-19)25-21(16-31-2)22-17-33(12-8-18(22)14-24(25)32-23)13-11-28(26(34)35)9-4-3-5-10-28/h6-7,15,18,21-22,31-32H,3-5,8-14,16-17H2,1-2H3,(H,34,35)/t18-,21?,22?/m1/s1.